The fourth-order valence-corrected chi connectivity index (χ4v) is 3.94. The zero-order valence-electron chi connectivity index (χ0n) is 15.9. The third-order valence-electron chi connectivity index (χ3n) is 5.33. The zero-order valence-corrected chi connectivity index (χ0v) is 15.9. The summed E-state index contributed by atoms with van der Waals surface area (Å²) >= 11 is 0. The van der Waals surface area contributed by atoms with Crippen molar-refractivity contribution < 1.29 is 4.74 Å². The van der Waals surface area contributed by atoms with Crippen LogP contribution in [0.2, 0.25) is 0 Å². The molecule has 0 radical (unpaired) electrons. The van der Waals surface area contributed by atoms with E-state index in [1.54, 1.807) is 11.6 Å². The van der Waals surface area contributed by atoms with E-state index >= 15 is 0 Å². The Morgan fingerprint density at radius 1 is 1.25 bits per heavy atom. The molecule has 0 unspecified atom stereocenters. The van der Waals surface area contributed by atoms with Crippen molar-refractivity contribution in [1.82, 2.24) is 29.1 Å². The highest BCUT2D eigenvalue weighted by Gasteiger charge is 2.27. The minimum Gasteiger partial charge on any atom is -0.494 e. The van der Waals surface area contributed by atoms with Gasteiger partial charge in [0, 0.05) is 37.6 Å². The first-order chi connectivity index (χ1) is 13.6. The molecule has 1 aromatic carbocycles. The molecule has 144 valence electrons. The average molecular weight is 378 g/mol. The van der Waals surface area contributed by atoms with Crippen LogP contribution >= 0.6 is 0 Å². The summed E-state index contributed by atoms with van der Waals surface area (Å²) in [7, 11) is 3.61. The molecule has 4 aromatic rings. The second-order valence-corrected chi connectivity index (χ2v) is 7.21. The summed E-state index contributed by atoms with van der Waals surface area (Å²) in [4.78, 5) is 16.1. The normalized spacial score (nSPS) is 17.5. The number of hydrogen-bond acceptors (Lipinski definition) is 7. The van der Waals surface area contributed by atoms with Crippen molar-refractivity contribution in [1.29, 1.82) is 0 Å². The van der Waals surface area contributed by atoms with E-state index in [0.717, 1.165) is 43.0 Å². The molecular formula is C19H22N8O. The SMILES string of the molecule is COc1cccc2c1nc(N)n1nc([C@@H]3CCCN(c4cn(C)cn4)C3)nc21. The van der Waals surface area contributed by atoms with Gasteiger partial charge in [0.05, 0.1) is 13.4 Å². The molecule has 5 rings (SSSR count). The number of rotatable bonds is 3. The van der Waals surface area contributed by atoms with Gasteiger partial charge < -0.3 is 19.9 Å². The number of nitrogens with two attached hydrogens (primary N) is 1. The van der Waals surface area contributed by atoms with Crippen molar-refractivity contribution in [2.24, 2.45) is 7.05 Å². The number of nitrogen functional groups attached to an aromatic ring is 1. The van der Waals surface area contributed by atoms with E-state index in [4.69, 9.17) is 20.6 Å². The number of methoxy groups -OCH3 is 1. The number of anilines is 2. The molecule has 1 aliphatic rings. The van der Waals surface area contributed by atoms with Crippen LogP contribution in [0.4, 0.5) is 11.8 Å². The predicted molar refractivity (Wildman–Crippen MR) is 107 cm³/mol. The summed E-state index contributed by atoms with van der Waals surface area (Å²) in [5.74, 6) is 2.99. The van der Waals surface area contributed by atoms with Gasteiger partial charge in [-0.3, -0.25) is 0 Å². The number of imidazole rings is 1. The Kier molecular flexibility index (Phi) is 3.81. The lowest BCUT2D eigenvalue weighted by Crippen LogP contribution is -2.35. The van der Waals surface area contributed by atoms with E-state index in [-0.39, 0.29) is 5.92 Å². The maximum Gasteiger partial charge on any atom is 0.223 e. The van der Waals surface area contributed by atoms with Crippen molar-refractivity contribution in [3.63, 3.8) is 0 Å². The third-order valence-corrected chi connectivity index (χ3v) is 5.33. The van der Waals surface area contributed by atoms with E-state index in [1.807, 2.05) is 42.3 Å². The number of aromatic nitrogens is 6. The summed E-state index contributed by atoms with van der Waals surface area (Å²) < 4.78 is 9.03. The number of fused-ring (bicyclic) bond motifs is 3. The second kappa shape index (κ2) is 6.36. The van der Waals surface area contributed by atoms with E-state index in [0.29, 0.717) is 22.9 Å². The van der Waals surface area contributed by atoms with E-state index in [1.165, 1.54) is 0 Å². The molecular weight excluding hydrogens is 356 g/mol. The Morgan fingerprint density at radius 3 is 2.93 bits per heavy atom. The smallest absolute Gasteiger partial charge is 0.223 e. The number of nitrogens with zero attached hydrogens (tertiary/aromatic N) is 7. The molecule has 9 heteroatoms. The van der Waals surface area contributed by atoms with Crippen LogP contribution in [0.25, 0.3) is 16.6 Å². The van der Waals surface area contributed by atoms with Crippen molar-refractivity contribution in [2.75, 3.05) is 30.8 Å². The largest absolute Gasteiger partial charge is 0.494 e. The summed E-state index contributed by atoms with van der Waals surface area (Å²) in [6.07, 6.45) is 5.98. The topological polar surface area (TPSA) is 99.4 Å². The molecule has 0 saturated carbocycles. The molecule has 0 aliphatic carbocycles. The van der Waals surface area contributed by atoms with Crippen LogP contribution < -0.4 is 15.4 Å². The first-order valence-electron chi connectivity index (χ1n) is 9.36. The highest BCUT2D eigenvalue weighted by molar-refractivity contribution is 5.95. The minimum absolute atomic E-state index is 0.218. The minimum atomic E-state index is 0.218. The molecule has 0 amide bonds. The number of para-hydroxylation sites is 1. The Bertz CT molecular complexity index is 1160. The van der Waals surface area contributed by atoms with E-state index < -0.39 is 0 Å². The van der Waals surface area contributed by atoms with Gasteiger partial charge in [-0.05, 0) is 25.0 Å². The Hall–Kier alpha value is -3.36. The Morgan fingerprint density at radius 2 is 2.14 bits per heavy atom. The Labute approximate surface area is 161 Å². The summed E-state index contributed by atoms with van der Waals surface area (Å²) in [5, 5.41) is 5.58. The highest BCUT2D eigenvalue weighted by Crippen LogP contribution is 2.31. The van der Waals surface area contributed by atoms with E-state index in [9.17, 15) is 0 Å². The molecule has 28 heavy (non-hydrogen) atoms. The summed E-state index contributed by atoms with van der Waals surface area (Å²) in [6, 6.07) is 5.77. The van der Waals surface area contributed by atoms with Gasteiger partial charge in [0.25, 0.3) is 0 Å². The molecule has 2 N–H and O–H groups in total. The quantitative estimate of drug-likeness (QED) is 0.582. The number of piperidine rings is 1. The number of aryl methyl sites for hydroxylation is 1. The number of hydrogen-bond donors (Lipinski definition) is 1. The molecule has 1 fully saturated rings. The molecule has 1 aliphatic heterocycles. The summed E-state index contributed by atoms with van der Waals surface area (Å²) in [5.41, 5.74) is 7.60. The molecule has 3 aromatic heterocycles. The number of benzene rings is 1. The lowest BCUT2D eigenvalue weighted by molar-refractivity contribution is 0.419. The van der Waals surface area contributed by atoms with Gasteiger partial charge in [0.1, 0.15) is 17.1 Å². The van der Waals surface area contributed by atoms with Crippen LogP contribution in [0.3, 0.4) is 0 Å². The van der Waals surface area contributed by atoms with Crippen molar-refractivity contribution in [2.45, 2.75) is 18.8 Å². The lowest BCUT2D eigenvalue weighted by Gasteiger charge is -2.31. The number of ether oxygens (including phenoxy) is 1. The first kappa shape index (κ1) is 16.8. The fourth-order valence-electron chi connectivity index (χ4n) is 3.94. The predicted octanol–water partition coefficient (Wildman–Crippen LogP) is 1.99. The molecule has 1 saturated heterocycles. The van der Waals surface area contributed by atoms with Crippen LogP contribution in [-0.4, -0.2) is 49.3 Å². The van der Waals surface area contributed by atoms with Crippen LogP contribution in [0, 0.1) is 0 Å². The van der Waals surface area contributed by atoms with Crippen LogP contribution in [-0.2, 0) is 7.05 Å². The molecule has 0 bridgehead atoms. The first-order valence-corrected chi connectivity index (χ1v) is 9.36. The molecule has 9 nitrogen and oxygen atoms in total. The molecule has 4 heterocycles. The monoisotopic (exact) mass is 378 g/mol. The average Bonchev–Trinajstić information content (AvgIpc) is 3.35. The third kappa shape index (κ3) is 2.62. The van der Waals surface area contributed by atoms with Crippen LogP contribution in [0.1, 0.15) is 24.6 Å². The van der Waals surface area contributed by atoms with Crippen molar-refractivity contribution >= 4 is 28.3 Å². The van der Waals surface area contributed by atoms with Gasteiger partial charge in [-0.1, -0.05) is 6.07 Å². The fraction of sp³-hybridized carbons (Fsp3) is 0.368. The lowest BCUT2D eigenvalue weighted by atomic mass is 9.97. The molecule has 1 atom stereocenters. The van der Waals surface area contributed by atoms with Gasteiger partial charge in [0.2, 0.25) is 5.95 Å². The maximum atomic E-state index is 6.18. The Balaban J connectivity index is 1.56. The van der Waals surface area contributed by atoms with Crippen molar-refractivity contribution in [3.8, 4) is 5.75 Å². The van der Waals surface area contributed by atoms with Gasteiger partial charge in [-0.25, -0.2) is 15.0 Å². The van der Waals surface area contributed by atoms with Gasteiger partial charge >= 0.3 is 0 Å². The summed E-state index contributed by atoms with van der Waals surface area (Å²) in [6.45, 7) is 1.83. The van der Waals surface area contributed by atoms with Crippen molar-refractivity contribution in [3.05, 3.63) is 36.5 Å². The van der Waals surface area contributed by atoms with Crippen LogP contribution in [0.5, 0.6) is 5.75 Å². The van der Waals surface area contributed by atoms with E-state index in [2.05, 4.69) is 14.9 Å². The highest BCUT2D eigenvalue weighted by atomic mass is 16.5. The maximum absolute atomic E-state index is 6.18. The van der Waals surface area contributed by atoms with Gasteiger partial charge in [-0.2, -0.15) is 4.52 Å². The van der Waals surface area contributed by atoms with Gasteiger partial charge in [-0.15, -0.1) is 5.10 Å². The standard InChI is InChI=1S/C19H22N8O/c1-25-10-15(21-11-25)26-8-4-5-12(9-26)17-23-18-13-6-3-7-14(28-2)16(13)22-19(20)27(18)24-17/h3,6-7,10-12H,4-5,8-9H2,1-2H3,(H2,20,22)/t12-/m1/s1. The zero-order chi connectivity index (χ0) is 19.3. The van der Waals surface area contributed by atoms with Crippen LogP contribution in [0.15, 0.2) is 30.7 Å². The van der Waals surface area contributed by atoms with Gasteiger partial charge in [0.15, 0.2) is 11.5 Å². The second-order valence-electron chi connectivity index (χ2n) is 7.21. The molecule has 0 spiro atoms.